The molecule has 0 unspecified atom stereocenters. The molecule has 0 radical (unpaired) electrons. The van der Waals surface area contributed by atoms with Crippen molar-refractivity contribution in [3.8, 4) is 0 Å². The van der Waals surface area contributed by atoms with Crippen molar-refractivity contribution in [2.75, 3.05) is 0 Å². The normalized spacial score (nSPS) is 24.3. The van der Waals surface area contributed by atoms with Gasteiger partial charge in [0.25, 0.3) is 5.92 Å². The third-order valence-electron chi connectivity index (χ3n) is 2.24. The number of hydrogen-bond acceptors (Lipinski definition) is 2. The lowest BCUT2D eigenvalue weighted by atomic mass is 10.1. The van der Waals surface area contributed by atoms with Crippen LogP contribution in [-0.2, 0) is 12.6 Å². The summed E-state index contributed by atoms with van der Waals surface area (Å²) in [6, 6.07) is 0. The molecule has 1 heterocycles. The molecule has 84 valence electrons. The van der Waals surface area contributed by atoms with Gasteiger partial charge in [-0.1, -0.05) is 0 Å². The van der Waals surface area contributed by atoms with Crippen LogP contribution < -0.4 is 0 Å². The Hall–Kier alpha value is -1.18. The number of aromatic amines is 1. The van der Waals surface area contributed by atoms with Crippen molar-refractivity contribution >= 4 is 0 Å². The molecule has 1 aromatic rings. The van der Waals surface area contributed by atoms with Crippen LogP contribution in [-0.4, -0.2) is 21.2 Å². The second-order valence-electron chi connectivity index (χ2n) is 3.30. The van der Waals surface area contributed by atoms with Gasteiger partial charge in [-0.05, 0) is 0 Å². The fraction of sp³-hybridized carbons (Fsp3) is 0.571. The zero-order valence-electron chi connectivity index (χ0n) is 7.07. The van der Waals surface area contributed by atoms with Crippen molar-refractivity contribution in [3.63, 3.8) is 0 Å². The van der Waals surface area contributed by atoms with E-state index in [1.54, 1.807) is 0 Å². The minimum Gasteiger partial charge on any atom is -0.382 e. The van der Waals surface area contributed by atoms with Crippen LogP contribution in [0, 0.1) is 0 Å². The molecule has 15 heavy (non-hydrogen) atoms. The average Bonchev–Trinajstić information content (AvgIpc) is 2.51. The van der Waals surface area contributed by atoms with Crippen molar-refractivity contribution < 1.29 is 27.1 Å². The Kier molecular flexibility index (Phi) is 1.85. The second-order valence-corrected chi connectivity index (χ2v) is 3.30. The Balaban J connectivity index is 2.51. The average molecular weight is 228 g/mol. The first kappa shape index (κ1) is 10.3. The third-order valence-corrected chi connectivity index (χ3v) is 2.24. The van der Waals surface area contributed by atoms with E-state index in [-0.39, 0.29) is 5.69 Å². The monoisotopic (exact) mass is 228 g/mol. The maximum Gasteiger partial charge on any atom is 0.435 e. The highest BCUT2D eigenvalue weighted by molar-refractivity contribution is 5.37. The molecule has 0 aromatic carbocycles. The Morgan fingerprint density at radius 2 is 2.00 bits per heavy atom. The van der Waals surface area contributed by atoms with Gasteiger partial charge in [-0.2, -0.15) is 18.3 Å². The van der Waals surface area contributed by atoms with Crippen LogP contribution in [0.25, 0.3) is 0 Å². The van der Waals surface area contributed by atoms with E-state index < -0.39 is 35.9 Å². The summed E-state index contributed by atoms with van der Waals surface area (Å²) in [5.74, 6) is -3.57. The highest BCUT2D eigenvalue weighted by atomic mass is 19.4. The third kappa shape index (κ3) is 1.39. The molecule has 1 aromatic heterocycles. The molecule has 0 aliphatic heterocycles. The summed E-state index contributed by atoms with van der Waals surface area (Å²) in [5, 5.41) is 13.8. The molecular formula is C7H5F5N2O. The predicted octanol–water partition coefficient (Wildman–Crippen LogP) is 1.65. The SMILES string of the molecule is O[C@H]1c2c(C(F)(F)F)n[nH]c2CC1(F)F. The number of rotatable bonds is 0. The van der Waals surface area contributed by atoms with E-state index in [0.29, 0.717) is 0 Å². The molecule has 2 rings (SSSR count). The van der Waals surface area contributed by atoms with Crippen LogP contribution in [0.15, 0.2) is 0 Å². The minimum absolute atomic E-state index is 0.361. The summed E-state index contributed by atoms with van der Waals surface area (Å²) in [7, 11) is 0. The maximum atomic E-state index is 12.9. The van der Waals surface area contributed by atoms with Crippen LogP contribution in [0.5, 0.6) is 0 Å². The molecule has 0 spiro atoms. The first-order valence-corrected chi connectivity index (χ1v) is 3.93. The Bertz CT molecular complexity index is 397. The molecule has 3 nitrogen and oxygen atoms in total. The van der Waals surface area contributed by atoms with E-state index in [4.69, 9.17) is 5.11 Å². The van der Waals surface area contributed by atoms with E-state index in [1.165, 1.54) is 0 Å². The quantitative estimate of drug-likeness (QED) is 0.663. The van der Waals surface area contributed by atoms with Crippen molar-refractivity contribution in [1.82, 2.24) is 10.2 Å². The molecule has 0 saturated heterocycles. The summed E-state index contributed by atoms with van der Waals surface area (Å²) in [4.78, 5) is 0. The fourth-order valence-corrected chi connectivity index (χ4v) is 1.58. The fourth-order valence-electron chi connectivity index (χ4n) is 1.58. The molecule has 0 fully saturated rings. The van der Waals surface area contributed by atoms with Gasteiger partial charge < -0.3 is 5.11 Å². The molecule has 2 N–H and O–H groups in total. The highest BCUT2D eigenvalue weighted by Crippen LogP contribution is 2.46. The van der Waals surface area contributed by atoms with Crippen LogP contribution in [0.2, 0.25) is 0 Å². The van der Waals surface area contributed by atoms with Gasteiger partial charge in [0.15, 0.2) is 5.69 Å². The molecule has 0 saturated carbocycles. The maximum absolute atomic E-state index is 12.9. The molecule has 0 amide bonds. The van der Waals surface area contributed by atoms with Crippen LogP contribution in [0.4, 0.5) is 22.0 Å². The van der Waals surface area contributed by atoms with Crippen molar-refractivity contribution in [1.29, 1.82) is 0 Å². The Labute approximate surface area is 79.9 Å². The van der Waals surface area contributed by atoms with Crippen LogP contribution >= 0.6 is 0 Å². The number of H-pyrrole nitrogens is 1. The second kappa shape index (κ2) is 2.69. The predicted molar refractivity (Wildman–Crippen MR) is 37.2 cm³/mol. The van der Waals surface area contributed by atoms with Crippen molar-refractivity contribution in [2.45, 2.75) is 24.6 Å². The van der Waals surface area contributed by atoms with Gasteiger partial charge in [-0.3, -0.25) is 5.10 Å². The van der Waals surface area contributed by atoms with Gasteiger partial charge in [-0.15, -0.1) is 0 Å². The lowest BCUT2D eigenvalue weighted by Crippen LogP contribution is -2.24. The van der Waals surface area contributed by atoms with E-state index in [0.717, 1.165) is 0 Å². The molecule has 8 heteroatoms. The standard InChI is InChI=1S/C7H5F5N2O/c8-6(9)1-2-3(5(6)15)4(14-13-2)7(10,11)12/h5,15H,1H2,(H,13,14)/t5-/m0/s1. The number of aliphatic hydroxyl groups excluding tert-OH is 1. The van der Waals surface area contributed by atoms with E-state index in [9.17, 15) is 22.0 Å². The minimum atomic E-state index is -4.84. The summed E-state index contributed by atoms with van der Waals surface area (Å²) >= 11 is 0. The summed E-state index contributed by atoms with van der Waals surface area (Å²) in [5.41, 5.74) is -2.67. The molecule has 1 aliphatic carbocycles. The van der Waals surface area contributed by atoms with Gasteiger partial charge in [0.1, 0.15) is 6.10 Å². The first-order chi connectivity index (χ1) is 6.73. The number of nitrogens with zero attached hydrogens (tertiary/aromatic N) is 1. The molecule has 0 bridgehead atoms. The first-order valence-electron chi connectivity index (χ1n) is 3.93. The largest absolute Gasteiger partial charge is 0.435 e. The highest BCUT2D eigenvalue weighted by Gasteiger charge is 2.53. The molecular weight excluding hydrogens is 223 g/mol. The van der Waals surface area contributed by atoms with Crippen molar-refractivity contribution in [3.05, 3.63) is 17.0 Å². The van der Waals surface area contributed by atoms with Gasteiger partial charge >= 0.3 is 6.18 Å². The zero-order valence-corrected chi connectivity index (χ0v) is 7.07. The van der Waals surface area contributed by atoms with E-state index in [1.807, 2.05) is 5.10 Å². The molecule has 1 aliphatic rings. The number of aromatic nitrogens is 2. The van der Waals surface area contributed by atoms with Crippen LogP contribution in [0.1, 0.15) is 23.1 Å². The number of nitrogens with one attached hydrogen (secondary N) is 1. The summed E-state index contributed by atoms with van der Waals surface area (Å²) in [6.45, 7) is 0. The van der Waals surface area contributed by atoms with Gasteiger partial charge in [0.05, 0.1) is 6.42 Å². The van der Waals surface area contributed by atoms with Crippen molar-refractivity contribution in [2.24, 2.45) is 0 Å². The van der Waals surface area contributed by atoms with Gasteiger partial charge in [0.2, 0.25) is 0 Å². The summed E-state index contributed by atoms with van der Waals surface area (Å²) < 4.78 is 62.5. The number of halogens is 5. The Morgan fingerprint density at radius 1 is 1.40 bits per heavy atom. The van der Waals surface area contributed by atoms with E-state index in [2.05, 4.69) is 5.10 Å². The van der Waals surface area contributed by atoms with Crippen LogP contribution in [0.3, 0.4) is 0 Å². The lowest BCUT2D eigenvalue weighted by Gasteiger charge is -2.14. The van der Waals surface area contributed by atoms with Gasteiger partial charge in [-0.25, -0.2) is 8.78 Å². The smallest absolute Gasteiger partial charge is 0.382 e. The van der Waals surface area contributed by atoms with E-state index >= 15 is 0 Å². The zero-order chi connectivity index (χ0) is 11.4. The molecule has 1 atom stereocenters. The number of alkyl halides is 5. The summed E-state index contributed by atoms with van der Waals surface area (Å²) in [6.07, 6.45) is -8.24. The number of hydrogen-bond donors (Lipinski definition) is 2. The lowest BCUT2D eigenvalue weighted by molar-refractivity contribution is -0.146. The number of aliphatic hydroxyl groups is 1. The van der Waals surface area contributed by atoms with Gasteiger partial charge in [0, 0.05) is 11.3 Å². The topological polar surface area (TPSA) is 48.9 Å². The Morgan fingerprint density at radius 3 is 2.53 bits per heavy atom. The number of fused-ring (bicyclic) bond motifs is 1.